The molecule has 9 heteroatoms. The van der Waals surface area contributed by atoms with Crippen LogP contribution in [0.5, 0.6) is 11.5 Å². The molecule has 2 N–H and O–H groups in total. The van der Waals surface area contributed by atoms with Crippen molar-refractivity contribution in [1.29, 1.82) is 5.26 Å². The number of nitrogens with zero attached hydrogens (tertiary/aromatic N) is 1. The highest BCUT2D eigenvalue weighted by atomic mass is 79.9. The maximum atomic E-state index is 12.7. The van der Waals surface area contributed by atoms with E-state index < -0.39 is 11.9 Å². The molecular formula is C20H19BrN2O6. The number of nitriles is 1. The molecule has 0 saturated carbocycles. The van der Waals surface area contributed by atoms with Crippen LogP contribution in [-0.2, 0) is 19.1 Å². The average molecular weight is 463 g/mol. The third-order valence-corrected chi connectivity index (χ3v) is 5.46. The van der Waals surface area contributed by atoms with Crippen LogP contribution in [0.2, 0.25) is 0 Å². The van der Waals surface area contributed by atoms with Gasteiger partial charge in [-0.15, -0.1) is 0 Å². The Balaban J connectivity index is 2.10. The van der Waals surface area contributed by atoms with Crippen molar-refractivity contribution < 1.29 is 28.5 Å². The average Bonchev–Trinajstić information content (AvgIpc) is 2.71. The van der Waals surface area contributed by atoms with Gasteiger partial charge in [0.1, 0.15) is 17.4 Å². The van der Waals surface area contributed by atoms with E-state index in [2.05, 4.69) is 26.7 Å². The van der Waals surface area contributed by atoms with E-state index in [1.165, 1.54) is 14.2 Å². The summed E-state index contributed by atoms with van der Waals surface area (Å²) in [7, 11) is 2.72. The molecule has 1 unspecified atom stereocenters. The molecule has 1 aromatic carbocycles. The molecule has 0 amide bonds. The van der Waals surface area contributed by atoms with Crippen LogP contribution in [0.4, 0.5) is 0 Å². The number of rotatable bonds is 5. The highest BCUT2D eigenvalue weighted by molar-refractivity contribution is 9.10. The number of ether oxygens (including phenoxy) is 4. The fourth-order valence-electron chi connectivity index (χ4n) is 3.41. The lowest BCUT2D eigenvalue weighted by Gasteiger charge is -2.31. The van der Waals surface area contributed by atoms with E-state index >= 15 is 0 Å². The molecule has 1 aromatic rings. The van der Waals surface area contributed by atoms with E-state index in [1.54, 1.807) is 12.1 Å². The fourth-order valence-corrected chi connectivity index (χ4v) is 3.96. The monoisotopic (exact) mass is 462 g/mol. The number of Topliss-reactive ketones (excluding diaryl/α,β-unsaturated/α-hetero) is 1. The number of halogens is 1. The van der Waals surface area contributed by atoms with E-state index in [9.17, 15) is 14.9 Å². The number of ketones is 1. The van der Waals surface area contributed by atoms with Gasteiger partial charge in [0.15, 0.2) is 23.9 Å². The van der Waals surface area contributed by atoms with Crippen LogP contribution in [0.15, 0.2) is 39.4 Å². The molecule has 29 heavy (non-hydrogen) atoms. The topological polar surface area (TPSA) is 121 Å². The number of carbonyl (C=O) groups is 2. The molecule has 1 heterocycles. The number of benzene rings is 1. The third-order valence-electron chi connectivity index (χ3n) is 4.77. The number of allylic oxidation sites excluding steroid dienone is 3. The first-order valence-electron chi connectivity index (χ1n) is 8.82. The molecule has 2 aliphatic rings. The van der Waals surface area contributed by atoms with Gasteiger partial charge in [0, 0.05) is 22.9 Å². The minimum atomic E-state index is -0.686. The Kier molecular flexibility index (Phi) is 6.13. The van der Waals surface area contributed by atoms with E-state index in [1.807, 2.05) is 0 Å². The lowest BCUT2D eigenvalue weighted by molar-refractivity contribution is -0.142. The summed E-state index contributed by atoms with van der Waals surface area (Å²) in [6.45, 7) is -0.292. The zero-order valence-electron chi connectivity index (χ0n) is 15.9. The Hall–Kier alpha value is -2.99. The molecule has 0 saturated heterocycles. The molecule has 1 aliphatic carbocycles. The standard InChI is InChI=1S/C20H19BrN2O6/c1-26-15-6-10(12(21)7-16(15)28-9-17(25)27-2)18-11(8-22)20(23)29-14-5-3-4-13(24)19(14)18/h6-7,18H,3-5,9,23H2,1-2H3. The van der Waals surface area contributed by atoms with Crippen molar-refractivity contribution in [1.82, 2.24) is 0 Å². The predicted octanol–water partition coefficient (Wildman–Crippen LogP) is 2.82. The number of nitrogens with two attached hydrogens (primary N) is 1. The first-order valence-corrected chi connectivity index (χ1v) is 9.61. The molecule has 1 aliphatic heterocycles. The molecule has 8 nitrogen and oxygen atoms in total. The van der Waals surface area contributed by atoms with Gasteiger partial charge >= 0.3 is 5.97 Å². The second kappa shape index (κ2) is 8.57. The maximum Gasteiger partial charge on any atom is 0.343 e. The first-order chi connectivity index (χ1) is 13.9. The summed E-state index contributed by atoms with van der Waals surface area (Å²) < 4.78 is 21.6. The van der Waals surface area contributed by atoms with Crippen molar-refractivity contribution >= 4 is 27.7 Å². The number of hydrogen-bond donors (Lipinski definition) is 1. The van der Waals surface area contributed by atoms with Crippen molar-refractivity contribution in [3.8, 4) is 17.6 Å². The van der Waals surface area contributed by atoms with Crippen molar-refractivity contribution in [2.75, 3.05) is 20.8 Å². The van der Waals surface area contributed by atoms with Gasteiger partial charge in [-0.25, -0.2) is 4.79 Å². The third kappa shape index (κ3) is 3.93. The van der Waals surface area contributed by atoms with Crippen molar-refractivity contribution in [2.45, 2.75) is 25.2 Å². The molecular weight excluding hydrogens is 444 g/mol. The Bertz CT molecular complexity index is 976. The van der Waals surface area contributed by atoms with Gasteiger partial charge in [-0.1, -0.05) is 15.9 Å². The van der Waals surface area contributed by atoms with Crippen molar-refractivity contribution in [3.05, 3.63) is 45.0 Å². The quantitative estimate of drug-likeness (QED) is 0.662. The van der Waals surface area contributed by atoms with Gasteiger partial charge < -0.3 is 24.7 Å². The predicted molar refractivity (Wildman–Crippen MR) is 105 cm³/mol. The summed E-state index contributed by atoms with van der Waals surface area (Å²) in [5.41, 5.74) is 7.19. The highest BCUT2D eigenvalue weighted by Crippen LogP contribution is 2.47. The molecule has 0 aromatic heterocycles. The number of methoxy groups -OCH3 is 2. The summed E-state index contributed by atoms with van der Waals surface area (Å²) in [4.78, 5) is 24.1. The van der Waals surface area contributed by atoms with Crippen LogP contribution in [0.3, 0.4) is 0 Å². The zero-order chi connectivity index (χ0) is 21.1. The van der Waals surface area contributed by atoms with Gasteiger partial charge in [0.05, 0.1) is 20.1 Å². The van der Waals surface area contributed by atoms with Gasteiger partial charge in [-0.05, 0) is 24.1 Å². The number of carbonyl (C=O) groups excluding carboxylic acids is 2. The summed E-state index contributed by atoms with van der Waals surface area (Å²) in [6.07, 6.45) is 1.63. The maximum absolute atomic E-state index is 12.7. The summed E-state index contributed by atoms with van der Waals surface area (Å²) in [5.74, 6) is -0.174. The smallest absolute Gasteiger partial charge is 0.343 e. The zero-order valence-corrected chi connectivity index (χ0v) is 17.5. The second-order valence-corrected chi connectivity index (χ2v) is 7.28. The Morgan fingerprint density at radius 3 is 2.76 bits per heavy atom. The molecule has 3 rings (SSSR count). The van der Waals surface area contributed by atoms with Crippen LogP contribution < -0.4 is 15.2 Å². The molecule has 1 atom stereocenters. The van der Waals surface area contributed by atoms with Crippen LogP contribution in [0, 0.1) is 11.3 Å². The van der Waals surface area contributed by atoms with Crippen LogP contribution >= 0.6 is 15.9 Å². The normalized spacial score (nSPS) is 18.6. The largest absolute Gasteiger partial charge is 0.493 e. The van der Waals surface area contributed by atoms with Gasteiger partial charge in [0.2, 0.25) is 5.88 Å². The molecule has 0 radical (unpaired) electrons. The van der Waals surface area contributed by atoms with Crippen molar-refractivity contribution in [2.24, 2.45) is 5.73 Å². The summed E-state index contributed by atoms with van der Waals surface area (Å²) in [6, 6.07) is 5.34. The molecule has 0 spiro atoms. The Morgan fingerprint density at radius 1 is 1.34 bits per heavy atom. The molecule has 0 bridgehead atoms. The number of esters is 1. The first kappa shape index (κ1) is 20.7. The Labute approximate surface area is 176 Å². The number of hydrogen-bond acceptors (Lipinski definition) is 8. The SMILES string of the molecule is COC(=O)COc1cc(Br)c(C2C(C#N)=C(N)OC3=C2C(=O)CCC3)cc1OC. The molecule has 0 fully saturated rings. The second-order valence-electron chi connectivity index (χ2n) is 6.43. The lowest BCUT2D eigenvalue weighted by atomic mass is 9.77. The van der Waals surface area contributed by atoms with Crippen LogP contribution in [0.1, 0.15) is 30.7 Å². The van der Waals surface area contributed by atoms with E-state index in [-0.39, 0.29) is 23.8 Å². The van der Waals surface area contributed by atoms with E-state index in [0.29, 0.717) is 52.1 Å². The van der Waals surface area contributed by atoms with Gasteiger partial charge in [-0.3, -0.25) is 4.79 Å². The Morgan fingerprint density at radius 2 is 2.10 bits per heavy atom. The minimum Gasteiger partial charge on any atom is -0.493 e. The summed E-state index contributed by atoms with van der Waals surface area (Å²) >= 11 is 3.48. The van der Waals surface area contributed by atoms with Gasteiger partial charge in [-0.2, -0.15) is 5.26 Å². The van der Waals surface area contributed by atoms with E-state index in [0.717, 1.165) is 0 Å². The molecule has 152 valence electrons. The van der Waals surface area contributed by atoms with Crippen LogP contribution in [-0.4, -0.2) is 32.6 Å². The minimum absolute atomic E-state index is 0.0113. The van der Waals surface area contributed by atoms with Gasteiger partial charge in [0.25, 0.3) is 0 Å². The lowest BCUT2D eigenvalue weighted by Crippen LogP contribution is -2.27. The highest BCUT2D eigenvalue weighted by Gasteiger charge is 2.39. The van der Waals surface area contributed by atoms with E-state index in [4.69, 9.17) is 19.9 Å². The van der Waals surface area contributed by atoms with Crippen LogP contribution in [0.25, 0.3) is 0 Å². The fraction of sp³-hybridized carbons (Fsp3) is 0.350. The van der Waals surface area contributed by atoms with Crippen molar-refractivity contribution in [3.63, 3.8) is 0 Å². The summed E-state index contributed by atoms with van der Waals surface area (Å²) in [5, 5.41) is 9.69.